The second-order valence-electron chi connectivity index (χ2n) is 5.35. The molecule has 0 saturated carbocycles. The number of ether oxygens (including phenoxy) is 1. The molecular weight excluding hydrogens is 377 g/mol. The lowest BCUT2D eigenvalue weighted by atomic mass is 10.2. The fourth-order valence-electron chi connectivity index (χ4n) is 2.09. The number of anilines is 2. The molecule has 0 radical (unpaired) electrons. The van der Waals surface area contributed by atoms with Crippen molar-refractivity contribution in [2.75, 3.05) is 37.4 Å². The molecule has 0 aliphatic heterocycles. The Labute approximate surface area is 161 Å². The van der Waals surface area contributed by atoms with E-state index >= 15 is 0 Å². The van der Waals surface area contributed by atoms with Gasteiger partial charge >= 0.3 is 0 Å². The molecule has 0 aliphatic rings. The first kappa shape index (κ1) is 20.0. The minimum atomic E-state index is -0.279. The lowest BCUT2D eigenvalue weighted by molar-refractivity contribution is -0.114. The summed E-state index contributed by atoms with van der Waals surface area (Å²) in [5.74, 6) is -0.496. The topological polar surface area (TPSA) is 79.5 Å². The van der Waals surface area contributed by atoms with E-state index in [1.165, 1.54) is 0 Å². The van der Waals surface area contributed by atoms with Gasteiger partial charge in [0.05, 0.1) is 23.7 Å². The van der Waals surface area contributed by atoms with Gasteiger partial charge in [-0.1, -0.05) is 23.2 Å². The number of hydrogen-bond acceptors (Lipinski definition) is 4. The molecule has 0 spiro atoms. The molecule has 2 rings (SSSR count). The first-order chi connectivity index (χ1) is 12.5. The third kappa shape index (κ3) is 6.22. The number of benzene rings is 2. The highest BCUT2D eigenvalue weighted by Crippen LogP contribution is 2.21. The zero-order valence-corrected chi connectivity index (χ0v) is 15.7. The average Bonchev–Trinajstić information content (AvgIpc) is 2.62. The van der Waals surface area contributed by atoms with Gasteiger partial charge in [0.15, 0.2) is 0 Å². The molecule has 0 heterocycles. The summed E-state index contributed by atoms with van der Waals surface area (Å²) in [5, 5.41) is 9.30. The number of carbonyl (C=O) groups is 2. The third-order valence-electron chi connectivity index (χ3n) is 3.39. The van der Waals surface area contributed by atoms with E-state index in [9.17, 15) is 9.59 Å². The van der Waals surface area contributed by atoms with Crippen molar-refractivity contribution in [2.45, 2.75) is 0 Å². The van der Waals surface area contributed by atoms with Crippen LogP contribution < -0.4 is 16.0 Å². The Morgan fingerprint density at radius 3 is 2.38 bits per heavy atom. The van der Waals surface area contributed by atoms with Crippen LogP contribution >= 0.6 is 23.2 Å². The summed E-state index contributed by atoms with van der Waals surface area (Å²) in [6.45, 7) is 0.876. The van der Waals surface area contributed by atoms with Crippen LogP contribution in [0.5, 0.6) is 0 Å². The highest BCUT2D eigenvalue weighted by molar-refractivity contribution is 6.34. The number of halogens is 2. The maximum atomic E-state index is 12.0. The van der Waals surface area contributed by atoms with Crippen molar-refractivity contribution in [1.29, 1.82) is 0 Å². The standard InChI is InChI=1S/C18H19Cl2N3O3/c1-26-9-8-21-18(25)15-7-6-14(10-16(15)20)22-11-17(24)23-13-4-2-12(19)3-5-13/h2-7,10,22H,8-9,11H2,1H3,(H,21,25)(H,23,24). The maximum absolute atomic E-state index is 12.0. The smallest absolute Gasteiger partial charge is 0.252 e. The van der Waals surface area contributed by atoms with Crippen LogP contribution in [0.2, 0.25) is 10.0 Å². The van der Waals surface area contributed by atoms with Gasteiger partial charge in [-0.3, -0.25) is 9.59 Å². The van der Waals surface area contributed by atoms with Gasteiger partial charge in [-0.25, -0.2) is 0 Å². The summed E-state index contributed by atoms with van der Waals surface area (Å²) in [5.41, 5.74) is 1.65. The van der Waals surface area contributed by atoms with Crippen LogP contribution in [-0.4, -0.2) is 38.6 Å². The molecular formula is C18H19Cl2N3O3. The fraction of sp³-hybridized carbons (Fsp3) is 0.222. The van der Waals surface area contributed by atoms with Crippen LogP contribution in [0.1, 0.15) is 10.4 Å². The molecule has 138 valence electrons. The highest BCUT2D eigenvalue weighted by Gasteiger charge is 2.11. The normalized spacial score (nSPS) is 10.3. The number of hydrogen-bond donors (Lipinski definition) is 3. The van der Waals surface area contributed by atoms with Crippen molar-refractivity contribution in [3.05, 3.63) is 58.1 Å². The van der Waals surface area contributed by atoms with Gasteiger partial charge in [0.1, 0.15) is 0 Å². The van der Waals surface area contributed by atoms with Crippen LogP contribution in [0.15, 0.2) is 42.5 Å². The van der Waals surface area contributed by atoms with Gasteiger partial charge in [0.2, 0.25) is 5.91 Å². The van der Waals surface area contributed by atoms with Crippen LogP contribution in [0.4, 0.5) is 11.4 Å². The maximum Gasteiger partial charge on any atom is 0.252 e. The summed E-state index contributed by atoms with van der Waals surface area (Å²) in [6.07, 6.45) is 0. The summed E-state index contributed by atoms with van der Waals surface area (Å²) in [7, 11) is 1.56. The second-order valence-corrected chi connectivity index (χ2v) is 6.20. The molecule has 0 aromatic heterocycles. The van der Waals surface area contributed by atoms with Crippen LogP contribution in [0.25, 0.3) is 0 Å². The van der Waals surface area contributed by atoms with E-state index < -0.39 is 0 Å². The molecule has 2 amide bonds. The molecule has 6 nitrogen and oxygen atoms in total. The Bertz CT molecular complexity index is 767. The Hall–Kier alpha value is -2.28. The summed E-state index contributed by atoms with van der Waals surface area (Å²) in [4.78, 5) is 24.0. The Morgan fingerprint density at radius 1 is 1.04 bits per heavy atom. The Kier molecular flexibility index (Phi) is 7.72. The fourth-order valence-corrected chi connectivity index (χ4v) is 2.48. The van der Waals surface area contributed by atoms with Gasteiger partial charge < -0.3 is 20.7 Å². The second kappa shape index (κ2) is 10.0. The summed E-state index contributed by atoms with van der Waals surface area (Å²) in [6, 6.07) is 11.7. The van der Waals surface area contributed by atoms with Gasteiger partial charge in [0.25, 0.3) is 5.91 Å². The number of nitrogens with one attached hydrogen (secondary N) is 3. The Morgan fingerprint density at radius 2 is 1.73 bits per heavy atom. The molecule has 0 atom stereocenters. The third-order valence-corrected chi connectivity index (χ3v) is 3.95. The van der Waals surface area contributed by atoms with Crippen molar-refractivity contribution in [3.8, 4) is 0 Å². The summed E-state index contributed by atoms with van der Waals surface area (Å²) >= 11 is 12.0. The Balaban J connectivity index is 1.87. The van der Waals surface area contributed by atoms with Crippen LogP contribution in [-0.2, 0) is 9.53 Å². The van der Waals surface area contributed by atoms with Gasteiger partial charge in [-0.2, -0.15) is 0 Å². The predicted octanol–water partition coefficient (Wildman–Crippen LogP) is 3.42. The molecule has 0 bridgehead atoms. The van der Waals surface area contributed by atoms with E-state index in [1.54, 1.807) is 49.6 Å². The largest absolute Gasteiger partial charge is 0.383 e. The average molecular weight is 396 g/mol. The van der Waals surface area contributed by atoms with E-state index in [1.807, 2.05) is 0 Å². The number of rotatable bonds is 8. The summed E-state index contributed by atoms with van der Waals surface area (Å²) < 4.78 is 4.88. The van der Waals surface area contributed by atoms with E-state index in [0.717, 1.165) is 0 Å². The first-order valence-corrected chi connectivity index (χ1v) is 8.61. The lowest BCUT2D eigenvalue weighted by Crippen LogP contribution is -2.27. The van der Waals surface area contributed by atoms with Crippen LogP contribution in [0.3, 0.4) is 0 Å². The van der Waals surface area contributed by atoms with Crippen molar-refractivity contribution in [1.82, 2.24) is 5.32 Å². The number of carbonyl (C=O) groups excluding carboxylic acids is 2. The molecule has 0 aliphatic carbocycles. The van der Waals surface area contributed by atoms with E-state index in [-0.39, 0.29) is 18.4 Å². The van der Waals surface area contributed by atoms with Gasteiger partial charge in [0, 0.05) is 30.1 Å². The molecule has 0 saturated heterocycles. The molecule has 26 heavy (non-hydrogen) atoms. The van der Waals surface area contributed by atoms with Crippen molar-refractivity contribution >= 4 is 46.4 Å². The van der Waals surface area contributed by atoms with Crippen molar-refractivity contribution in [3.63, 3.8) is 0 Å². The molecule has 0 unspecified atom stereocenters. The molecule has 8 heteroatoms. The molecule has 2 aromatic carbocycles. The SMILES string of the molecule is COCCNC(=O)c1ccc(NCC(=O)Nc2ccc(Cl)cc2)cc1Cl. The van der Waals surface area contributed by atoms with Gasteiger partial charge in [-0.05, 0) is 42.5 Å². The van der Waals surface area contributed by atoms with E-state index in [0.29, 0.717) is 40.1 Å². The number of methoxy groups -OCH3 is 1. The zero-order valence-electron chi connectivity index (χ0n) is 14.1. The van der Waals surface area contributed by atoms with Crippen molar-refractivity contribution in [2.24, 2.45) is 0 Å². The minimum Gasteiger partial charge on any atom is -0.383 e. The molecule has 0 fully saturated rings. The first-order valence-electron chi connectivity index (χ1n) is 7.85. The monoisotopic (exact) mass is 395 g/mol. The van der Waals surface area contributed by atoms with E-state index in [2.05, 4.69) is 16.0 Å². The zero-order chi connectivity index (χ0) is 18.9. The number of amides is 2. The van der Waals surface area contributed by atoms with Gasteiger partial charge in [-0.15, -0.1) is 0 Å². The van der Waals surface area contributed by atoms with Crippen molar-refractivity contribution < 1.29 is 14.3 Å². The van der Waals surface area contributed by atoms with Crippen LogP contribution in [0, 0.1) is 0 Å². The predicted molar refractivity (Wildman–Crippen MR) is 104 cm³/mol. The highest BCUT2D eigenvalue weighted by atomic mass is 35.5. The molecule has 3 N–H and O–H groups in total. The lowest BCUT2D eigenvalue weighted by Gasteiger charge is -2.10. The minimum absolute atomic E-state index is 0.0539. The quantitative estimate of drug-likeness (QED) is 0.598. The molecule has 2 aromatic rings. The van der Waals surface area contributed by atoms with E-state index in [4.69, 9.17) is 27.9 Å².